The van der Waals surface area contributed by atoms with Crippen LogP contribution in [0.25, 0.3) is 11.3 Å². The third-order valence-corrected chi connectivity index (χ3v) is 6.32. The molecule has 2 aromatic rings. The van der Waals surface area contributed by atoms with E-state index in [-0.39, 0.29) is 29.9 Å². The van der Waals surface area contributed by atoms with Gasteiger partial charge in [-0.3, -0.25) is 9.48 Å². The van der Waals surface area contributed by atoms with Crippen molar-refractivity contribution in [2.75, 3.05) is 40.1 Å². The summed E-state index contributed by atoms with van der Waals surface area (Å²) in [6.07, 6.45) is 3.98. The van der Waals surface area contributed by atoms with Crippen molar-refractivity contribution in [1.82, 2.24) is 25.3 Å². The Bertz CT molecular complexity index is 1110. The van der Waals surface area contributed by atoms with E-state index in [1.165, 1.54) is 0 Å². The largest absolute Gasteiger partial charge is 0.455 e. The number of aromatic nitrogens is 2. The first-order chi connectivity index (χ1) is 16.2. The Morgan fingerprint density at radius 1 is 1.38 bits per heavy atom. The molecule has 1 fully saturated rings. The summed E-state index contributed by atoms with van der Waals surface area (Å²) in [6, 6.07) is 0. The van der Waals surface area contributed by atoms with Gasteiger partial charge in [0.25, 0.3) is 11.8 Å². The summed E-state index contributed by atoms with van der Waals surface area (Å²) in [4.78, 5) is 14.9. The molecule has 4 heterocycles. The van der Waals surface area contributed by atoms with Crippen molar-refractivity contribution in [3.05, 3.63) is 40.7 Å². The predicted molar refractivity (Wildman–Crippen MR) is 118 cm³/mol. The third-order valence-electron chi connectivity index (χ3n) is 6.32. The topological polar surface area (TPSA) is 93.8 Å². The Labute approximate surface area is 196 Å². The number of alkyl halides is 2. The highest BCUT2D eigenvalue weighted by atomic mass is 19.3. The summed E-state index contributed by atoms with van der Waals surface area (Å²) < 4.78 is 48.5. The lowest BCUT2D eigenvalue weighted by Crippen LogP contribution is -2.32. The second-order valence-electron chi connectivity index (χ2n) is 9.25. The Kier molecular flexibility index (Phi) is 5.85. The Morgan fingerprint density at radius 2 is 2.21 bits per heavy atom. The van der Waals surface area contributed by atoms with Crippen molar-refractivity contribution in [1.29, 1.82) is 0 Å². The molecule has 0 radical (unpaired) electrons. The van der Waals surface area contributed by atoms with Crippen LogP contribution in [0.2, 0.25) is 0 Å². The van der Waals surface area contributed by atoms with Crippen molar-refractivity contribution in [2.45, 2.75) is 44.8 Å². The minimum atomic E-state index is -3.29. The van der Waals surface area contributed by atoms with E-state index in [4.69, 9.17) is 13.9 Å². The van der Waals surface area contributed by atoms with Crippen LogP contribution in [0.5, 0.6) is 0 Å². The van der Waals surface area contributed by atoms with Crippen LogP contribution in [0.3, 0.4) is 0 Å². The Hall–Kier alpha value is -2.92. The average Bonchev–Trinajstić information content (AvgIpc) is 3.49. The summed E-state index contributed by atoms with van der Waals surface area (Å²) >= 11 is 0. The van der Waals surface area contributed by atoms with Crippen molar-refractivity contribution in [3.63, 3.8) is 0 Å². The molecule has 34 heavy (non-hydrogen) atoms. The van der Waals surface area contributed by atoms with E-state index in [0.717, 1.165) is 18.2 Å². The highest BCUT2D eigenvalue weighted by Gasteiger charge is 2.43. The SMILES string of the molecule is C[C@@H]1Cc2oc(C(=O)NCC3=CN(C)CN3)c(C(C)(F)F)c2-c2nn(C[C@H]3COCCO3)cc21. The number of carbonyl (C=O) groups is 1. The van der Waals surface area contributed by atoms with Gasteiger partial charge in [-0.05, 0) is 5.92 Å². The minimum Gasteiger partial charge on any atom is -0.455 e. The smallest absolute Gasteiger partial charge is 0.287 e. The second-order valence-corrected chi connectivity index (χ2v) is 9.25. The molecule has 0 saturated carbocycles. The Balaban J connectivity index is 1.47. The third kappa shape index (κ3) is 4.29. The van der Waals surface area contributed by atoms with Crippen LogP contribution in [0, 0.1) is 0 Å². The van der Waals surface area contributed by atoms with Gasteiger partial charge in [-0.1, -0.05) is 6.92 Å². The lowest BCUT2D eigenvalue weighted by atomic mass is 9.85. The van der Waals surface area contributed by atoms with E-state index >= 15 is 0 Å². The van der Waals surface area contributed by atoms with Crippen LogP contribution >= 0.6 is 0 Å². The number of hydrogen-bond acceptors (Lipinski definition) is 7. The summed E-state index contributed by atoms with van der Waals surface area (Å²) in [5.41, 5.74) is 1.89. The molecule has 2 atom stereocenters. The molecule has 1 aliphatic carbocycles. The van der Waals surface area contributed by atoms with Gasteiger partial charge in [0.05, 0.1) is 56.4 Å². The quantitative estimate of drug-likeness (QED) is 0.660. The van der Waals surface area contributed by atoms with E-state index in [2.05, 4.69) is 15.7 Å². The van der Waals surface area contributed by atoms with E-state index in [0.29, 0.717) is 50.9 Å². The van der Waals surface area contributed by atoms with Crippen LogP contribution in [-0.2, 0) is 28.4 Å². The van der Waals surface area contributed by atoms with Crippen LogP contribution < -0.4 is 10.6 Å². The summed E-state index contributed by atoms with van der Waals surface area (Å²) in [6.45, 7) is 5.58. The molecular weight excluding hydrogens is 448 g/mol. The van der Waals surface area contributed by atoms with Crippen molar-refractivity contribution in [3.8, 4) is 11.3 Å². The van der Waals surface area contributed by atoms with Gasteiger partial charge in [-0.15, -0.1) is 0 Å². The lowest BCUT2D eigenvalue weighted by molar-refractivity contribution is -0.0946. The molecule has 0 spiro atoms. The number of nitrogens with one attached hydrogen (secondary N) is 2. The van der Waals surface area contributed by atoms with Crippen LogP contribution in [0.1, 0.15) is 47.2 Å². The molecule has 1 saturated heterocycles. The summed E-state index contributed by atoms with van der Waals surface area (Å²) in [5.74, 6) is -3.96. The molecule has 1 amide bonds. The molecule has 0 bridgehead atoms. The number of halogens is 2. The van der Waals surface area contributed by atoms with E-state index in [1.807, 2.05) is 31.3 Å². The molecule has 2 aliphatic heterocycles. The van der Waals surface area contributed by atoms with Crippen molar-refractivity contribution >= 4 is 5.91 Å². The zero-order valence-electron chi connectivity index (χ0n) is 19.5. The summed E-state index contributed by atoms with van der Waals surface area (Å²) in [7, 11) is 1.89. The number of ether oxygens (including phenoxy) is 2. The number of carbonyl (C=O) groups excluding carboxylic acids is 1. The van der Waals surface area contributed by atoms with Gasteiger partial charge < -0.3 is 29.4 Å². The van der Waals surface area contributed by atoms with E-state index in [9.17, 15) is 13.6 Å². The maximum atomic E-state index is 14.9. The molecule has 11 heteroatoms. The van der Waals surface area contributed by atoms with Crippen LogP contribution in [0.4, 0.5) is 8.78 Å². The predicted octanol–water partition coefficient (Wildman–Crippen LogP) is 2.39. The van der Waals surface area contributed by atoms with Crippen LogP contribution in [-0.4, -0.2) is 66.8 Å². The maximum absolute atomic E-state index is 14.9. The molecule has 2 aromatic heterocycles. The first kappa shape index (κ1) is 22.9. The number of amides is 1. The fourth-order valence-corrected chi connectivity index (χ4v) is 4.72. The molecule has 0 unspecified atom stereocenters. The van der Waals surface area contributed by atoms with Crippen molar-refractivity contribution < 1.29 is 27.5 Å². The van der Waals surface area contributed by atoms with E-state index < -0.39 is 17.4 Å². The molecule has 9 nitrogen and oxygen atoms in total. The fraction of sp³-hybridized carbons (Fsp3) is 0.565. The highest BCUT2D eigenvalue weighted by molar-refractivity contribution is 5.96. The molecule has 184 valence electrons. The fourth-order valence-electron chi connectivity index (χ4n) is 4.72. The summed E-state index contributed by atoms with van der Waals surface area (Å²) in [5, 5.41) is 10.5. The first-order valence-electron chi connectivity index (χ1n) is 11.4. The zero-order valence-corrected chi connectivity index (χ0v) is 19.5. The van der Waals surface area contributed by atoms with Gasteiger partial charge in [-0.25, -0.2) is 8.78 Å². The van der Waals surface area contributed by atoms with Crippen LogP contribution in [0.15, 0.2) is 22.5 Å². The molecule has 3 aliphatic rings. The normalized spacial score (nSPS) is 22.1. The number of rotatable bonds is 6. The van der Waals surface area contributed by atoms with E-state index in [1.54, 1.807) is 4.68 Å². The zero-order chi connectivity index (χ0) is 24.0. The Morgan fingerprint density at radius 3 is 2.88 bits per heavy atom. The number of hydrogen-bond donors (Lipinski definition) is 2. The molecular formula is C23H29F2N5O4. The average molecular weight is 478 g/mol. The van der Waals surface area contributed by atoms with Gasteiger partial charge in [0.1, 0.15) is 11.9 Å². The second kappa shape index (κ2) is 8.70. The molecule has 2 N–H and O–H groups in total. The lowest BCUT2D eigenvalue weighted by Gasteiger charge is -2.22. The monoisotopic (exact) mass is 477 g/mol. The molecule has 0 aromatic carbocycles. The van der Waals surface area contributed by atoms with Crippen molar-refractivity contribution in [2.24, 2.45) is 0 Å². The van der Waals surface area contributed by atoms with Gasteiger partial charge >= 0.3 is 0 Å². The number of nitrogens with zero attached hydrogens (tertiary/aromatic N) is 3. The number of furan rings is 1. The standard InChI is InChI=1S/C23H29F2N5O4/c1-13-6-17-18(20-16(13)10-30(28-20)9-15-11-32-4-5-33-15)19(23(2,24)25)21(34-17)22(31)26-7-14-8-29(3)12-27-14/h8,10,13,15,27H,4-7,9,11-12H2,1-3H3,(H,26,31)/t13-,15+/m1/s1. The number of fused-ring (bicyclic) bond motifs is 3. The first-order valence-corrected chi connectivity index (χ1v) is 11.4. The maximum Gasteiger partial charge on any atom is 0.287 e. The van der Waals surface area contributed by atoms with Gasteiger partial charge in [0.2, 0.25) is 5.76 Å². The molecule has 5 rings (SSSR count). The van der Waals surface area contributed by atoms with Gasteiger partial charge in [0.15, 0.2) is 0 Å². The minimum absolute atomic E-state index is 0.00328. The highest BCUT2D eigenvalue weighted by Crippen LogP contribution is 2.48. The van der Waals surface area contributed by atoms with Gasteiger partial charge in [-0.2, -0.15) is 5.10 Å². The van der Waals surface area contributed by atoms with Gasteiger partial charge in [0, 0.05) is 44.0 Å².